The maximum atomic E-state index is 12.8. The van der Waals surface area contributed by atoms with Gasteiger partial charge < -0.3 is 14.5 Å². The third-order valence-corrected chi connectivity index (χ3v) is 5.52. The summed E-state index contributed by atoms with van der Waals surface area (Å²) in [6.45, 7) is 3.35. The van der Waals surface area contributed by atoms with E-state index in [4.69, 9.17) is 0 Å². The molecule has 0 N–H and O–H groups in total. The Labute approximate surface area is 185 Å². The van der Waals surface area contributed by atoms with Crippen molar-refractivity contribution in [1.29, 1.82) is 0 Å². The number of tetrazole rings is 1. The van der Waals surface area contributed by atoms with Crippen LogP contribution in [-0.2, 0) is 4.79 Å². The molecular weight excluding hydrogens is 447 g/mol. The van der Waals surface area contributed by atoms with E-state index in [9.17, 15) is 27.6 Å². The van der Waals surface area contributed by atoms with Crippen LogP contribution >= 0.6 is 0 Å². The normalized spacial score (nSPS) is 17.4. The molecule has 0 radical (unpaired) electrons. The van der Waals surface area contributed by atoms with E-state index in [0.29, 0.717) is 35.5 Å². The first-order chi connectivity index (χ1) is 15.7. The lowest BCUT2D eigenvalue weighted by atomic mass is 10.3. The highest BCUT2D eigenvalue weighted by atomic mass is 19.4. The van der Waals surface area contributed by atoms with Crippen molar-refractivity contribution >= 4 is 11.9 Å². The Morgan fingerprint density at radius 3 is 2.33 bits per heavy atom. The average molecular weight is 469 g/mol. The number of alkyl halides is 3. The van der Waals surface area contributed by atoms with Gasteiger partial charge in [-0.15, -0.1) is 17.9 Å². The number of aromatic nitrogens is 4. The molecule has 2 aliphatic rings. The Bertz CT molecular complexity index is 1070. The van der Waals surface area contributed by atoms with E-state index in [1.807, 2.05) is 9.80 Å². The molecule has 0 spiro atoms. The van der Waals surface area contributed by atoms with E-state index in [2.05, 4.69) is 15.2 Å². The summed E-state index contributed by atoms with van der Waals surface area (Å²) in [5.74, 6) is -0.462. The molecule has 14 heteroatoms. The van der Waals surface area contributed by atoms with Crippen LogP contribution in [0.25, 0.3) is 5.69 Å². The van der Waals surface area contributed by atoms with Crippen molar-refractivity contribution in [2.75, 3.05) is 45.8 Å². The number of carbonyl (C=O) groups is 2. The zero-order chi connectivity index (χ0) is 23.6. The van der Waals surface area contributed by atoms with Gasteiger partial charge in [0.1, 0.15) is 5.75 Å². The molecule has 33 heavy (non-hydrogen) atoms. The molecule has 0 saturated carbocycles. The van der Waals surface area contributed by atoms with E-state index in [0.717, 1.165) is 38.1 Å². The van der Waals surface area contributed by atoms with Crippen LogP contribution in [0.15, 0.2) is 29.1 Å². The van der Waals surface area contributed by atoms with Crippen molar-refractivity contribution in [1.82, 2.24) is 34.5 Å². The van der Waals surface area contributed by atoms with E-state index in [1.165, 1.54) is 17.0 Å². The second kappa shape index (κ2) is 9.21. The number of benzene rings is 1. The molecule has 2 aromatic rings. The van der Waals surface area contributed by atoms with Crippen LogP contribution in [0.5, 0.6) is 5.75 Å². The van der Waals surface area contributed by atoms with Gasteiger partial charge in [0.2, 0.25) is 5.91 Å². The van der Waals surface area contributed by atoms with Crippen molar-refractivity contribution < 1.29 is 27.5 Å². The predicted molar refractivity (Wildman–Crippen MR) is 107 cm³/mol. The zero-order valence-corrected chi connectivity index (χ0v) is 17.6. The molecule has 1 aromatic heterocycles. The Kier molecular flexibility index (Phi) is 6.35. The van der Waals surface area contributed by atoms with Gasteiger partial charge in [-0.3, -0.25) is 9.69 Å². The molecule has 2 saturated heterocycles. The van der Waals surface area contributed by atoms with Crippen molar-refractivity contribution in [2.24, 2.45) is 0 Å². The largest absolute Gasteiger partial charge is 0.573 e. The second-order valence-electron chi connectivity index (χ2n) is 7.76. The van der Waals surface area contributed by atoms with Gasteiger partial charge in [0.25, 0.3) is 0 Å². The fraction of sp³-hybridized carbons (Fsp3) is 0.526. The minimum Gasteiger partial charge on any atom is -0.406 e. The van der Waals surface area contributed by atoms with E-state index >= 15 is 0 Å². The fourth-order valence-corrected chi connectivity index (χ4v) is 3.83. The minimum absolute atomic E-state index is 0.0361. The van der Waals surface area contributed by atoms with Crippen LogP contribution in [0, 0.1) is 0 Å². The van der Waals surface area contributed by atoms with Crippen LogP contribution in [0.4, 0.5) is 18.0 Å². The number of amides is 2. The summed E-state index contributed by atoms with van der Waals surface area (Å²) >= 11 is 0. The van der Waals surface area contributed by atoms with Gasteiger partial charge in [-0.05, 0) is 35.4 Å². The van der Waals surface area contributed by atoms with Gasteiger partial charge in [0.05, 0.1) is 12.2 Å². The topological polar surface area (TPSA) is 106 Å². The first-order valence-electron chi connectivity index (χ1n) is 10.4. The Morgan fingerprint density at radius 1 is 0.970 bits per heavy atom. The van der Waals surface area contributed by atoms with Gasteiger partial charge in [-0.2, -0.15) is 4.68 Å². The standard InChI is InChI=1S/C19H22F3N7O4/c20-19(21,22)33-15-5-3-4-14(12-15)28-18(32)29(24-23-28)17(31)27-10-8-25(9-11-27)13-16(30)26-6-1-2-7-26/h3-5,12H,1-2,6-11,13H2. The Balaban J connectivity index is 1.39. The summed E-state index contributed by atoms with van der Waals surface area (Å²) in [5.41, 5.74) is -0.957. The highest BCUT2D eigenvalue weighted by Gasteiger charge is 2.31. The first-order valence-corrected chi connectivity index (χ1v) is 10.4. The number of halogens is 3. The summed E-state index contributed by atoms with van der Waals surface area (Å²) in [6.07, 6.45) is -2.86. The van der Waals surface area contributed by atoms with Crippen molar-refractivity contribution in [3.8, 4) is 11.4 Å². The van der Waals surface area contributed by atoms with Crippen LogP contribution in [0.3, 0.4) is 0 Å². The van der Waals surface area contributed by atoms with E-state index < -0.39 is 23.8 Å². The summed E-state index contributed by atoms with van der Waals surface area (Å²) in [7, 11) is 0. The number of piperazine rings is 1. The quantitative estimate of drug-likeness (QED) is 0.602. The molecule has 4 rings (SSSR count). The zero-order valence-electron chi connectivity index (χ0n) is 17.6. The van der Waals surface area contributed by atoms with Gasteiger partial charge in [0.15, 0.2) is 0 Å². The van der Waals surface area contributed by atoms with Crippen LogP contribution in [0.2, 0.25) is 0 Å². The first kappa shape index (κ1) is 22.8. The van der Waals surface area contributed by atoms with Crippen molar-refractivity contribution in [2.45, 2.75) is 19.2 Å². The van der Waals surface area contributed by atoms with Crippen LogP contribution in [0.1, 0.15) is 12.8 Å². The number of nitrogens with zero attached hydrogens (tertiary/aromatic N) is 7. The van der Waals surface area contributed by atoms with Gasteiger partial charge in [-0.1, -0.05) is 6.07 Å². The molecule has 2 amide bonds. The smallest absolute Gasteiger partial charge is 0.406 e. The number of hydrogen-bond donors (Lipinski definition) is 0. The minimum atomic E-state index is -4.89. The number of hydrogen-bond acceptors (Lipinski definition) is 7. The molecule has 1 aromatic carbocycles. The lowest BCUT2D eigenvalue weighted by Crippen LogP contribution is -2.53. The van der Waals surface area contributed by atoms with Gasteiger partial charge >= 0.3 is 18.1 Å². The number of likely N-dealkylation sites (tertiary alicyclic amines) is 1. The molecule has 3 heterocycles. The fourth-order valence-electron chi connectivity index (χ4n) is 3.83. The van der Waals surface area contributed by atoms with E-state index in [-0.39, 0.29) is 18.1 Å². The molecule has 0 aliphatic carbocycles. The van der Waals surface area contributed by atoms with Crippen molar-refractivity contribution in [3.63, 3.8) is 0 Å². The van der Waals surface area contributed by atoms with Crippen molar-refractivity contribution in [3.05, 3.63) is 34.7 Å². The predicted octanol–water partition coefficient (Wildman–Crippen LogP) is 0.536. The maximum Gasteiger partial charge on any atom is 0.573 e. The monoisotopic (exact) mass is 469 g/mol. The summed E-state index contributed by atoms with van der Waals surface area (Å²) in [4.78, 5) is 42.9. The molecule has 2 aliphatic heterocycles. The molecule has 0 unspecified atom stereocenters. The summed E-state index contributed by atoms with van der Waals surface area (Å²) in [6, 6.07) is 3.94. The Hall–Kier alpha value is -3.42. The maximum absolute atomic E-state index is 12.8. The lowest BCUT2D eigenvalue weighted by molar-refractivity contribution is -0.274. The highest BCUT2D eigenvalue weighted by Crippen LogP contribution is 2.24. The second-order valence-corrected chi connectivity index (χ2v) is 7.76. The molecule has 0 bridgehead atoms. The number of ether oxygens (including phenoxy) is 1. The van der Waals surface area contributed by atoms with Crippen LogP contribution < -0.4 is 10.4 Å². The number of carbonyl (C=O) groups excluding carboxylic acids is 2. The lowest BCUT2D eigenvalue weighted by Gasteiger charge is -2.34. The molecule has 11 nitrogen and oxygen atoms in total. The molecule has 2 fully saturated rings. The third-order valence-electron chi connectivity index (χ3n) is 5.52. The molecular formula is C19H22F3N7O4. The molecule has 0 atom stereocenters. The summed E-state index contributed by atoms with van der Waals surface area (Å²) < 4.78 is 42.5. The summed E-state index contributed by atoms with van der Waals surface area (Å²) in [5, 5.41) is 7.19. The third kappa shape index (κ3) is 5.32. The average Bonchev–Trinajstić information content (AvgIpc) is 3.43. The van der Waals surface area contributed by atoms with Gasteiger partial charge in [0, 0.05) is 45.3 Å². The Morgan fingerprint density at radius 2 is 1.67 bits per heavy atom. The highest BCUT2D eigenvalue weighted by molar-refractivity contribution is 5.78. The molecule has 178 valence electrons. The SMILES string of the molecule is O=C(CN1CCN(C(=O)n2nnn(-c3cccc(OC(F)(F)F)c3)c2=O)CC1)N1CCCC1. The van der Waals surface area contributed by atoms with E-state index in [1.54, 1.807) is 0 Å². The number of rotatable bonds is 4. The van der Waals surface area contributed by atoms with Crippen LogP contribution in [-0.4, -0.2) is 98.6 Å². The van der Waals surface area contributed by atoms with Gasteiger partial charge in [-0.25, -0.2) is 9.59 Å².